The monoisotopic (exact) mass is 363 g/mol. The standard InChI is InChI=1S/C17H19ClFN5O/c1-17(2,12-5-4-6-13(18)15(12)19)9-20-14-7-11(8-25-3)23-16-21-10-22-24(14)16/h4-7,10,20H,8-9H2,1-3H3. The summed E-state index contributed by atoms with van der Waals surface area (Å²) >= 11 is 5.92. The van der Waals surface area contributed by atoms with Gasteiger partial charge in [-0.1, -0.05) is 37.6 Å². The molecule has 1 N–H and O–H groups in total. The number of anilines is 1. The molecular weight excluding hydrogens is 345 g/mol. The molecule has 3 aromatic rings. The number of hydrogen-bond donors (Lipinski definition) is 1. The summed E-state index contributed by atoms with van der Waals surface area (Å²) in [7, 11) is 1.60. The molecule has 0 saturated heterocycles. The Morgan fingerprint density at radius 1 is 1.36 bits per heavy atom. The van der Waals surface area contributed by atoms with Crippen LogP contribution < -0.4 is 5.32 Å². The van der Waals surface area contributed by atoms with Crippen LogP contribution in [0.15, 0.2) is 30.6 Å². The molecule has 0 spiro atoms. The van der Waals surface area contributed by atoms with Crippen molar-refractivity contribution in [2.45, 2.75) is 25.9 Å². The number of benzene rings is 1. The minimum absolute atomic E-state index is 0.121. The molecule has 0 radical (unpaired) electrons. The van der Waals surface area contributed by atoms with Gasteiger partial charge in [-0.25, -0.2) is 9.37 Å². The van der Waals surface area contributed by atoms with Gasteiger partial charge in [0.2, 0.25) is 0 Å². The fourth-order valence-electron chi connectivity index (χ4n) is 2.64. The highest BCUT2D eigenvalue weighted by molar-refractivity contribution is 6.30. The maximum Gasteiger partial charge on any atom is 0.254 e. The van der Waals surface area contributed by atoms with Crippen LogP contribution in [0, 0.1) is 5.82 Å². The van der Waals surface area contributed by atoms with Gasteiger partial charge in [0.25, 0.3) is 5.78 Å². The van der Waals surface area contributed by atoms with E-state index >= 15 is 0 Å². The van der Waals surface area contributed by atoms with Gasteiger partial charge in [-0.2, -0.15) is 14.6 Å². The first-order valence-electron chi connectivity index (χ1n) is 7.79. The number of rotatable bonds is 6. The molecule has 0 unspecified atom stereocenters. The molecular formula is C17H19ClFN5O. The normalized spacial score (nSPS) is 11.9. The highest BCUT2D eigenvalue weighted by Crippen LogP contribution is 2.30. The molecule has 8 heteroatoms. The summed E-state index contributed by atoms with van der Waals surface area (Å²) in [6.07, 6.45) is 1.44. The van der Waals surface area contributed by atoms with Gasteiger partial charge in [-0.05, 0) is 11.6 Å². The Bertz CT molecular complexity index is 896. The number of hydrogen-bond acceptors (Lipinski definition) is 5. The largest absolute Gasteiger partial charge is 0.378 e. The zero-order valence-corrected chi connectivity index (χ0v) is 15.0. The second-order valence-corrected chi connectivity index (χ2v) is 6.78. The van der Waals surface area contributed by atoms with Gasteiger partial charge >= 0.3 is 0 Å². The smallest absolute Gasteiger partial charge is 0.254 e. The number of nitrogens with one attached hydrogen (secondary N) is 1. The summed E-state index contributed by atoms with van der Waals surface area (Å²) in [6, 6.07) is 6.89. The van der Waals surface area contributed by atoms with Crippen molar-refractivity contribution < 1.29 is 9.13 Å². The summed E-state index contributed by atoms with van der Waals surface area (Å²) < 4.78 is 21.1. The molecule has 132 valence electrons. The van der Waals surface area contributed by atoms with Gasteiger partial charge in [0, 0.05) is 25.1 Å². The lowest BCUT2D eigenvalue weighted by Crippen LogP contribution is -2.29. The fourth-order valence-corrected chi connectivity index (χ4v) is 2.82. The summed E-state index contributed by atoms with van der Waals surface area (Å²) in [5.74, 6) is 0.797. The third-order valence-electron chi connectivity index (χ3n) is 3.99. The van der Waals surface area contributed by atoms with Crippen molar-refractivity contribution in [3.63, 3.8) is 0 Å². The summed E-state index contributed by atoms with van der Waals surface area (Å²) in [5, 5.41) is 7.60. The van der Waals surface area contributed by atoms with Crippen LogP contribution in [-0.2, 0) is 16.8 Å². The molecule has 1 aromatic carbocycles. The number of nitrogens with zero attached hydrogens (tertiary/aromatic N) is 4. The molecule has 25 heavy (non-hydrogen) atoms. The first-order chi connectivity index (χ1) is 11.9. The number of aromatic nitrogens is 4. The van der Waals surface area contributed by atoms with E-state index in [0.717, 1.165) is 5.69 Å². The lowest BCUT2D eigenvalue weighted by Gasteiger charge is -2.27. The molecule has 3 rings (SSSR count). The van der Waals surface area contributed by atoms with Crippen LogP contribution in [0.1, 0.15) is 25.1 Å². The maximum atomic E-state index is 14.4. The van der Waals surface area contributed by atoms with E-state index in [2.05, 4.69) is 20.4 Å². The molecule has 0 saturated carbocycles. The van der Waals surface area contributed by atoms with Crippen molar-refractivity contribution in [3.8, 4) is 0 Å². The Hall–Kier alpha value is -2.25. The van der Waals surface area contributed by atoms with E-state index in [4.69, 9.17) is 16.3 Å². The van der Waals surface area contributed by atoms with E-state index < -0.39 is 11.2 Å². The number of ether oxygens (including phenoxy) is 1. The van der Waals surface area contributed by atoms with Crippen molar-refractivity contribution in [3.05, 3.63) is 52.7 Å². The first kappa shape index (κ1) is 17.6. The molecule has 2 aromatic heterocycles. The van der Waals surface area contributed by atoms with Crippen molar-refractivity contribution in [1.29, 1.82) is 0 Å². The van der Waals surface area contributed by atoms with Crippen molar-refractivity contribution >= 4 is 23.2 Å². The van der Waals surface area contributed by atoms with E-state index in [9.17, 15) is 4.39 Å². The lowest BCUT2D eigenvalue weighted by atomic mass is 9.84. The van der Waals surface area contributed by atoms with Crippen LogP contribution in [0.4, 0.5) is 10.2 Å². The third kappa shape index (κ3) is 3.57. The Morgan fingerprint density at radius 2 is 2.16 bits per heavy atom. The SMILES string of the molecule is COCc1cc(NCC(C)(C)c2cccc(Cl)c2F)n2ncnc2n1. The van der Waals surface area contributed by atoms with Crippen molar-refractivity contribution in [1.82, 2.24) is 19.6 Å². The van der Waals surface area contributed by atoms with Gasteiger partial charge in [0.15, 0.2) is 0 Å². The average Bonchev–Trinajstić information content (AvgIpc) is 3.04. The second-order valence-electron chi connectivity index (χ2n) is 6.38. The summed E-state index contributed by atoms with van der Waals surface area (Å²) in [6.45, 7) is 4.73. The minimum Gasteiger partial charge on any atom is -0.378 e. The first-order valence-corrected chi connectivity index (χ1v) is 8.17. The highest BCUT2D eigenvalue weighted by atomic mass is 35.5. The zero-order valence-electron chi connectivity index (χ0n) is 14.3. The van der Waals surface area contributed by atoms with E-state index in [0.29, 0.717) is 30.3 Å². The molecule has 0 amide bonds. The predicted molar refractivity (Wildman–Crippen MR) is 94.4 cm³/mol. The quantitative estimate of drug-likeness (QED) is 0.726. The molecule has 0 aliphatic heterocycles. The Balaban J connectivity index is 1.88. The van der Waals surface area contributed by atoms with Gasteiger partial charge in [-0.15, -0.1) is 0 Å². The van der Waals surface area contributed by atoms with E-state index in [1.54, 1.807) is 29.8 Å². The Morgan fingerprint density at radius 3 is 2.92 bits per heavy atom. The van der Waals surface area contributed by atoms with Crippen LogP contribution in [0.25, 0.3) is 5.78 Å². The molecule has 2 heterocycles. The predicted octanol–water partition coefficient (Wildman–Crippen LogP) is 3.45. The van der Waals surface area contributed by atoms with Gasteiger partial charge < -0.3 is 10.1 Å². The van der Waals surface area contributed by atoms with E-state index in [1.807, 2.05) is 19.9 Å². The van der Waals surface area contributed by atoms with Crippen LogP contribution >= 0.6 is 11.6 Å². The molecule has 0 atom stereocenters. The highest BCUT2D eigenvalue weighted by Gasteiger charge is 2.25. The van der Waals surface area contributed by atoms with Crippen LogP contribution in [0.2, 0.25) is 5.02 Å². The van der Waals surface area contributed by atoms with Crippen LogP contribution in [-0.4, -0.2) is 33.2 Å². The maximum absolute atomic E-state index is 14.4. The summed E-state index contributed by atoms with van der Waals surface area (Å²) in [5.41, 5.74) is 0.790. The van der Waals surface area contributed by atoms with Gasteiger partial charge in [-0.3, -0.25) is 0 Å². The zero-order chi connectivity index (χ0) is 18.0. The average molecular weight is 364 g/mol. The van der Waals surface area contributed by atoms with E-state index in [-0.39, 0.29) is 5.02 Å². The van der Waals surface area contributed by atoms with E-state index in [1.165, 1.54) is 6.33 Å². The fraction of sp³-hybridized carbons (Fsp3) is 0.353. The third-order valence-corrected chi connectivity index (χ3v) is 4.28. The molecule has 0 aliphatic carbocycles. The molecule has 0 fully saturated rings. The molecule has 0 bridgehead atoms. The molecule has 6 nitrogen and oxygen atoms in total. The van der Waals surface area contributed by atoms with Crippen LogP contribution in [0.5, 0.6) is 0 Å². The van der Waals surface area contributed by atoms with Crippen molar-refractivity contribution in [2.24, 2.45) is 0 Å². The second kappa shape index (κ2) is 6.93. The lowest BCUT2D eigenvalue weighted by molar-refractivity contribution is 0.181. The van der Waals surface area contributed by atoms with Gasteiger partial charge in [0.1, 0.15) is 18.0 Å². The topological polar surface area (TPSA) is 64.3 Å². The Kier molecular flexibility index (Phi) is 4.87. The number of fused-ring (bicyclic) bond motifs is 1. The minimum atomic E-state index is -0.493. The Labute approximate surface area is 150 Å². The summed E-state index contributed by atoms with van der Waals surface area (Å²) in [4.78, 5) is 8.48. The van der Waals surface area contributed by atoms with Crippen molar-refractivity contribution in [2.75, 3.05) is 19.0 Å². The number of methoxy groups -OCH3 is 1. The number of halogens is 2. The van der Waals surface area contributed by atoms with Crippen LogP contribution in [0.3, 0.4) is 0 Å². The molecule has 0 aliphatic rings. The van der Waals surface area contributed by atoms with Gasteiger partial charge in [0.05, 0.1) is 17.3 Å².